The minimum Gasteiger partial charge on any atom is -0.490 e. The Labute approximate surface area is 101 Å². The molecule has 2 aromatic rings. The first-order valence-corrected chi connectivity index (χ1v) is 6.22. The molecule has 3 nitrogen and oxygen atoms in total. The second-order valence-electron chi connectivity index (χ2n) is 4.82. The van der Waals surface area contributed by atoms with Crippen LogP contribution in [0, 0.1) is 0 Å². The van der Waals surface area contributed by atoms with Crippen LogP contribution >= 0.6 is 0 Å². The van der Waals surface area contributed by atoms with Gasteiger partial charge in [-0.15, -0.1) is 0 Å². The van der Waals surface area contributed by atoms with Crippen LogP contribution in [0.15, 0.2) is 24.4 Å². The van der Waals surface area contributed by atoms with Crippen molar-refractivity contribution in [1.82, 2.24) is 4.57 Å². The summed E-state index contributed by atoms with van der Waals surface area (Å²) in [5, 5.41) is 1.23. The number of ether oxygens (including phenoxy) is 1. The van der Waals surface area contributed by atoms with Crippen molar-refractivity contribution < 1.29 is 4.74 Å². The molecule has 1 heterocycles. The van der Waals surface area contributed by atoms with E-state index >= 15 is 0 Å². The maximum atomic E-state index is 5.91. The first-order valence-electron chi connectivity index (χ1n) is 6.22. The Hall–Kier alpha value is -1.48. The summed E-state index contributed by atoms with van der Waals surface area (Å²) in [7, 11) is 2.05. The molecule has 1 aromatic carbocycles. The van der Waals surface area contributed by atoms with E-state index in [1.54, 1.807) is 0 Å². The molecular formula is C14H18N2O. The van der Waals surface area contributed by atoms with Gasteiger partial charge in [0.15, 0.2) is 0 Å². The Bertz CT molecular complexity index is 540. The number of aryl methyl sites for hydroxylation is 1. The minimum atomic E-state index is 0.432. The van der Waals surface area contributed by atoms with Gasteiger partial charge in [-0.25, -0.2) is 0 Å². The summed E-state index contributed by atoms with van der Waals surface area (Å²) in [6.07, 6.45) is 6.21. The zero-order valence-electron chi connectivity index (χ0n) is 10.1. The van der Waals surface area contributed by atoms with Gasteiger partial charge >= 0.3 is 0 Å². The highest BCUT2D eigenvalue weighted by Crippen LogP contribution is 2.29. The first kappa shape index (κ1) is 10.7. The van der Waals surface area contributed by atoms with Gasteiger partial charge in [0.2, 0.25) is 0 Å². The molecule has 0 bridgehead atoms. The minimum absolute atomic E-state index is 0.432. The van der Waals surface area contributed by atoms with Crippen LogP contribution in [0.25, 0.3) is 10.9 Å². The van der Waals surface area contributed by atoms with Crippen molar-refractivity contribution in [2.75, 3.05) is 0 Å². The van der Waals surface area contributed by atoms with Crippen LogP contribution in [0.5, 0.6) is 5.75 Å². The third-order valence-corrected chi connectivity index (χ3v) is 3.62. The number of hydrogen-bond donors (Lipinski definition) is 1. The monoisotopic (exact) mass is 230 g/mol. The Balaban J connectivity index is 1.97. The summed E-state index contributed by atoms with van der Waals surface area (Å²) in [6, 6.07) is 6.29. The molecule has 1 aliphatic carbocycles. The van der Waals surface area contributed by atoms with Crippen molar-refractivity contribution >= 4 is 10.9 Å². The summed E-state index contributed by atoms with van der Waals surface area (Å²) in [6.45, 7) is 0.584. The third-order valence-electron chi connectivity index (χ3n) is 3.62. The van der Waals surface area contributed by atoms with Gasteiger partial charge in [-0.3, -0.25) is 0 Å². The van der Waals surface area contributed by atoms with E-state index in [4.69, 9.17) is 10.5 Å². The number of nitrogens with two attached hydrogens (primary N) is 1. The number of hydrogen-bond acceptors (Lipinski definition) is 2. The lowest BCUT2D eigenvalue weighted by molar-refractivity contribution is 0.120. The Morgan fingerprint density at radius 2 is 2.24 bits per heavy atom. The van der Waals surface area contributed by atoms with Crippen LogP contribution in [0.4, 0.5) is 0 Å². The lowest BCUT2D eigenvalue weighted by atomic mass is 9.96. The molecule has 3 heteroatoms. The average molecular weight is 230 g/mol. The molecule has 1 aromatic heterocycles. The van der Waals surface area contributed by atoms with E-state index in [9.17, 15) is 0 Å². The molecule has 0 unspecified atom stereocenters. The SMILES string of the molecule is Cn1cc(CN)c2ccc(OC3CCC3)cc21. The molecule has 0 aliphatic heterocycles. The topological polar surface area (TPSA) is 40.2 Å². The van der Waals surface area contributed by atoms with Crippen molar-refractivity contribution in [3.63, 3.8) is 0 Å². The number of aromatic nitrogens is 1. The van der Waals surface area contributed by atoms with Crippen LogP contribution < -0.4 is 10.5 Å². The summed E-state index contributed by atoms with van der Waals surface area (Å²) >= 11 is 0. The number of nitrogens with zero attached hydrogens (tertiary/aromatic N) is 1. The van der Waals surface area contributed by atoms with E-state index in [0.29, 0.717) is 12.6 Å². The van der Waals surface area contributed by atoms with Crippen molar-refractivity contribution in [3.8, 4) is 5.75 Å². The number of rotatable bonds is 3. The van der Waals surface area contributed by atoms with Crippen LogP contribution in [0.1, 0.15) is 24.8 Å². The van der Waals surface area contributed by atoms with Gasteiger partial charge < -0.3 is 15.0 Å². The lowest BCUT2D eigenvalue weighted by Gasteiger charge is -2.26. The predicted molar refractivity (Wildman–Crippen MR) is 69.1 cm³/mol. The Kier molecular flexibility index (Phi) is 2.56. The molecule has 90 valence electrons. The summed E-state index contributed by atoms with van der Waals surface area (Å²) < 4.78 is 8.03. The fourth-order valence-electron chi connectivity index (χ4n) is 2.36. The first-order chi connectivity index (χ1) is 8.28. The normalized spacial score (nSPS) is 16.1. The molecule has 1 fully saturated rings. The largest absolute Gasteiger partial charge is 0.490 e. The lowest BCUT2D eigenvalue weighted by Crippen LogP contribution is -2.24. The van der Waals surface area contributed by atoms with Gasteiger partial charge in [0.25, 0.3) is 0 Å². The van der Waals surface area contributed by atoms with Gasteiger partial charge in [-0.1, -0.05) is 0 Å². The van der Waals surface area contributed by atoms with E-state index < -0.39 is 0 Å². The molecule has 0 radical (unpaired) electrons. The highest BCUT2D eigenvalue weighted by atomic mass is 16.5. The standard InChI is InChI=1S/C14H18N2O/c1-16-9-10(8-15)13-6-5-12(7-14(13)16)17-11-3-2-4-11/h5-7,9,11H,2-4,8,15H2,1H3. The fraction of sp³-hybridized carbons (Fsp3) is 0.429. The summed E-state index contributed by atoms with van der Waals surface area (Å²) in [5.41, 5.74) is 8.12. The third kappa shape index (κ3) is 1.80. The highest BCUT2D eigenvalue weighted by molar-refractivity contribution is 5.85. The van der Waals surface area contributed by atoms with Crippen LogP contribution in [-0.4, -0.2) is 10.7 Å². The van der Waals surface area contributed by atoms with Crippen molar-refractivity contribution in [2.45, 2.75) is 31.9 Å². The Morgan fingerprint density at radius 1 is 1.41 bits per heavy atom. The van der Waals surface area contributed by atoms with Crippen molar-refractivity contribution in [1.29, 1.82) is 0 Å². The molecule has 2 N–H and O–H groups in total. The van der Waals surface area contributed by atoms with Gasteiger partial charge in [-0.2, -0.15) is 0 Å². The highest BCUT2D eigenvalue weighted by Gasteiger charge is 2.19. The zero-order chi connectivity index (χ0) is 11.8. The predicted octanol–water partition coefficient (Wildman–Crippen LogP) is 2.57. The molecule has 0 amide bonds. The average Bonchev–Trinajstić information content (AvgIpc) is 2.61. The maximum absolute atomic E-state index is 5.91. The quantitative estimate of drug-likeness (QED) is 0.880. The van der Waals surface area contributed by atoms with Crippen LogP contribution in [-0.2, 0) is 13.6 Å². The van der Waals surface area contributed by atoms with Crippen LogP contribution in [0.2, 0.25) is 0 Å². The smallest absolute Gasteiger partial charge is 0.121 e. The summed E-state index contributed by atoms with van der Waals surface area (Å²) in [4.78, 5) is 0. The molecule has 17 heavy (non-hydrogen) atoms. The molecule has 3 rings (SSSR count). The van der Waals surface area contributed by atoms with Crippen LogP contribution in [0.3, 0.4) is 0 Å². The van der Waals surface area contributed by atoms with E-state index in [2.05, 4.69) is 36.0 Å². The summed E-state index contributed by atoms with van der Waals surface area (Å²) in [5.74, 6) is 0.979. The van der Waals surface area contributed by atoms with E-state index in [1.807, 2.05) is 0 Å². The van der Waals surface area contributed by atoms with Gasteiger partial charge in [0, 0.05) is 31.2 Å². The maximum Gasteiger partial charge on any atom is 0.121 e. The van der Waals surface area contributed by atoms with Crippen molar-refractivity contribution in [3.05, 3.63) is 30.0 Å². The Morgan fingerprint density at radius 3 is 2.88 bits per heavy atom. The molecule has 0 atom stereocenters. The van der Waals surface area contributed by atoms with Crippen molar-refractivity contribution in [2.24, 2.45) is 12.8 Å². The second-order valence-corrected chi connectivity index (χ2v) is 4.82. The van der Waals surface area contributed by atoms with E-state index in [1.165, 1.54) is 35.7 Å². The van der Waals surface area contributed by atoms with Gasteiger partial charge in [-0.05, 0) is 37.0 Å². The number of fused-ring (bicyclic) bond motifs is 1. The molecular weight excluding hydrogens is 212 g/mol. The van der Waals surface area contributed by atoms with Gasteiger partial charge in [0.05, 0.1) is 11.6 Å². The van der Waals surface area contributed by atoms with E-state index in [-0.39, 0.29) is 0 Å². The zero-order valence-corrected chi connectivity index (χ0v) is 10.1. The second kappa shape index (κ2) is 4.08. The molecule has 1 aliphatic rings. The molecule has 1 saturated carbocycles. The molecule has 0 spiro atoms. The van der Waals surface area contributed by atoms with E-state index in [0.717, 1.165) is 5.75 Å². The van der Waals surface area contributed by atoms with Gasteiger partial charge in [0.1, 0.15) is 5.75 Å². The fourth-order valence-corrected chi connectivity index (χ4v) is 2.36. The molecule has 0 saturated heterocycles. The number of benzene rings is 1.